The molecule has 1 aliphatic carbocycles. The lowest BCUT2D eigenvalue weighted by atomic mass is 9.67. The molecular weight excluding hydrogens is 671 g/mol. The number of aromatic nitrogens is 1. The second-order valence-electron chi connectivity index (χ2n) is 11.3. The number of carbonyl (C=O) groups is 2. The number of aliphatic hydroxyl groups is 2. The Morgan fingerprint density at radius 2 is 1.89 bits per heavy atom. The normalized spacial score (nSPS) is 21.1. The number of hydrogen-bond donors (Lipinski definition) is 3. The number of ether oxygens (including phenoxy) is 1. The van der Waals surface area contributed by atoms with Gasteiger partial charge in [0.05, 0.1) is 46.6 Å². The van der Waals surface area contributed by atoms with Crippen molar-refractivity contribution in [1.82, 2.24) is 4.98 Å². The Morgan fingerprint density at radius 3 is 2.55 bits per heavy atom. The molecule has 0 saturated carbocycles. The van der Waals surface area contributed by atoms with Crippen molar-refractivity contribution >= 4 is 51.7 Å². The van der Waals surface area contributed by atoms with E-state index in [1.165, 1.54) is 12.0 Å². The third-order valence-electron chi connectivity index (χ3n) is 8.60. The van der Waals surface area contributed by atoms with Crippen molar-refractivity contribution in [2.45, 2.75) is 45.1 Å². The fourth-order valence-corrected chi connectivity index (χ4v) is 7.26. The van der Waals surface area contributed by atoms with Gasteiger partial charge in [0.2, 0.25) is 11.8 Å². The molecule has 0 bridgehead atoms. The molecule has 3 aromatic rings. The van der Waals surface area contributed by atoms with E-state index in [4.69, 9.17) is 4.74 Å². The van der Waals surface area contributed by atoms with Crippen molar-refractivity contribution in [2.75, 3.05) is 18.6 Å². The zero-order valence-corrected chi connectivity index (χ0v) is 27.0. The number of para-hydroxylation sites is 1. The van der Waals surface area contributed by atoms with E-state index in [1.54, 1.807) is 36.5 Å². The highest BCUT2D eigenvalue weighted by molar-refractivity contribution is 14.1. The fraction of sp³-hybridized carbons (Fsp3) is 0.343. The van der Waals surface area contributed by atoms with Crippen molar-refractivity contribution in [3.63, 3.8) is 0 Å². The third-order valence-corrected chi connectivity index (χ3v) is 9.42. The number of anilines is 1. The van der Waals surface area contributed by atoms with E-state index in [0.717, 1.165) is 28.8 Å². The van der Waals surface area contributed by atoms with Gasteiger partial charge in [-0.3, -0.25) is 19.5 Å². The first kappa shape index (κ1) is 31.9. The van der Waals surface area contributed by atoms with E-state index in [0.29, 0.717) is 46.3 Å². The summed E-state index contributed by atoms with van der Waals surface area (Å²) >= 11 is 2.06. The number of imide groups is 1. The SMILES string of the molecule is CCCC1=C([C@H](O)CC/C(=C/c2cc(I)c(O)c(OC)c2)c2ccccn2)[C@H](CO)[C@@H]2C(=O)N(c3ccccc3)C(=O)[C@@H]2C1. The molecule has 44 heavy (non-hydrogen) atoms. The first-order valence-electron chi connectivity index (χ1n) is 14.9. The molecule has 8 nitrogen and oxygen atoms in total. The predicted molar refractivity (Wildman–Crippen MR) is 178 cm³/mol. The number of nitrogens with zero attached hydrogens (tertiary/aromatic N) is 2. The number of methoxy groups -OCH3 is 1. The van der Waals surface area contributed by atoms with Crippen LogP contribution in [0.25, 0.3) is 11.6 Å². The Kier molecular flexibility index (Phi) is 10.2. The Balaban J connectivity index is 1.46. The van der Waals surface area contributed by atoms with Crippen molar-refractivity contribution in [3.8, 4) is 11.5 Å². The molecule has 230 valence electrons. The molecule has 5 rings (SSSR count). The molecule has 9 heteroatoms. The summed E-state index contributed by atoms with van der Waals surface area (Å²) in [7, 11) is 1.50. The van der Waals surface area contributed by atoms with Gasteiger partial charge in [-0.05, 0) is 107 Å². The number of carbonyl (C=O) groups excluding carboxylic acids is 2. The second-order valence-corrected chi connectivity index (χ2v) is 12.4. The third kappa shape index (κ3) is 6.31. The molecule has 0 spiro atoms. The molecule has 1 aromatic heterocycles. The Hall–Kier alpha value is -3.54. The van der Waals surface area contributed by atoms with Gasteiger partial charge in [-0.2, -0.15) is 0 Å². The van der Waals surface area contributed by atoms with Crippen LogP contribution in [0.1, 0.15) is 50.3 Å². The van der Waals surface area contributed by atoms with E-state index in [-0.39, 0.29) is 24.2 Å². The molecule has 1 fully saturated rings. The number of hydrogen-bond acceptors (Lipinski definition) is 7. The van der Waals surface area contributed by atoms with Crippen molar-refractivity contribution in [1.29, 1.82) is 0 Å². The number of aliphatic hydroxyl groups excluding tert-OH is 2. The van der Waals surface area contributed by atoms with Crippen LogP contribution in [-0.4, -0.2) is 51.9 Å². The summed E-state index contributed by atoms with van der Waals surface area (Å²) in [6.07, 6.45) is 5.42. The largest absolute Gasteiger partial charge is 0.504 e. The van der Waals surface area contributed by atoms with Crippen LogP contribution in [0.2, 0.25) is 0 Å². The average molecular weight is 709 g/mol. The first-order valence-corrected chi connectivity index (χ1v) is 16.0. The minimum atomic E-state index is -0.926. The van der Waals surface area contributed by atoms with E-state index >= 15 is 0 Å². The average Bonchev–Trinajstić information content (AvgIpc) is 3.29. The standard InChI is InChI=1S/C35H37IN2O6/c1-3-9-23-19-25-32(35(43)38(34(25)42)24-10-5-4-6-11-24)26(20-39)31(23)29(40)14-13-22(28-12-7-8-15-37-28)16-21-17-27(36)33(41)30(18-21)44-2/h4-8,10-12,15-18,25-26,29,32,39-41H,3,9,13-14,19-20H2,1-2H3/b22-16-/t25-,26+,29-,32-/m1/s1. The number of phenols is 1. The Labute approximate surface area is 271 Å². The number of allylic oxidation sites excluding steroid dienone is 2. The smallest absolute Gasteiger partial charge is 0.238 e. The zero-order chi connectivity index (χ0) is 31.4. The molecule has 4 atom stereocenters. The van der Waals surface area contributed by atoms with Crippen molar-refractivity contribution in [3.05, 3.63) is 92.8 Å². The summed E-state index contributed by atoms with van der Waals surface area (Å²) in [5.74, 6) is -2.07. The summed E-state index contributed by atoms with van der Waals surface area (Å²) in [6, 6.07) is 18.2. The van der Waals surface area contributed by atoms with E-state index in [9.17, 15) is 24.9 Å². The van der Waals surface area contributed by atoms with Gasteiger partial charge in [0.15, 0.2) is 11.5 Å². The number of fused-ring (bicyclic) bond motifs is 1. The van der Waals surface area contributed by atoms with Crippen LogP contribution in [0.4, 0.5) is 5.69 Å². The van der Waals surface area contributed by atoms with Crippen LogP contribution in [0.5, 0.6) is 11.5 Å². The van der Waals surface area contributed by atoms with Gasteiger partial charge < -0.3 is 20.1 Å². The Morgan fingerprint density at radius 1 is 1.14 bits per heavy atom. The van der Waals surface area contributed by atoms with Gasteiger partial charge in [0.25, 0.3) is 0 Å². The van der Waals surface area contributed by atoms with Crippen LogP contribution in [-0.2, 0) is 9.59 Å². The van der Waals surface area contributed by atoms with Crippen LogP contribution < -0.4 is 9.64 Å². The van der Waals surface area contributed by atoms with Crippen LogP contribution in [0.3, 0.4) is 0 Å². The number of phenolic OH excluding ortho intramolecular Hbond substituents is 1. The van der Waals surface area contributed by atoms with Crippen molar-refractivity contribution in [2.24, 2.45) is 17.8 Å². The Bertz CT molecular complexity index is 1570. The number of aromatic hydroxyl groups is 1. The van der Waals surface area contributed by atoms with Crippen LogP contribution in [0, 0.1) is 21.3 Å². The summed E-state index contributed by atoms with van der Waals surface area (Å²) in [6.45, 7) is 1.71. The summed E-state index contributed by atoms with van der Waals surface area (Å²) < 4.78 is 6.00. The maximum absolute atomic E-state index is 13.8. The van der Waals surface area contributed by atoms with Gasteiger partial charge in [-0.1, -0.05) is 43.2 Å². The van der Waals surface area contributed by atoms with Crippen LogP contribution >= 0.6 is 22.6 Å². The molecule has 0 unspecified atom stereocenters. The minimum absolute atomic E-state index is 0.0758. The zero-order valence-electron chi connectivity index (χ0n) is 24.8. The number of rotatable bonds is 11. The first-order chi connectivity index (χ1) is 21.3. The lowest BCUT2D eigenvalue weighted by Crippen LogP contribution is -2.39. The molecule has 0 radical (unpaired) electrons. The molecule has 2 aliphatic rings. The minimum Gasteiger partial charge on any atom is -0.504 e. The molecule has 1 aliphatic heterocycles. The van der Waals surface area contributed by atoms with Crippen LogP contribution in [0.15, 0.2) is 78.0 Å². The van der Waals surface area contributed by atoms with E-state index in [2.05, 4.69) is 27.6 Å². The van der Waals surface area contributed by atoms with Gasteiger partial charge in [0, 0.05) is 12.1 Å². The molecule has 1 saturated heterocycles. The molecule has 2 aromatic carbocycles. The van der Waals surface area contributed by atoms with E-state index in [1.807, 2.05) is 43.3 Å². The number of pyridine rings is 1. The maximum Gasteiger partial charge on any atom is 0.238 e. The molecule has 2 heterocycles. The summed E-state index contributed by atoms with van der Waals surface area (Å²) in [4.78, 5) is 33.1. The fourth-order valence-electron chi connectivity index (χ4n) is 6.64. The molecule has 2 amide bonds. The lowest BCUT2D eigenvalue weighted by Gasteiger charge is -2.36. The number of halogens is 1. The molecule has 3 N–H and O–H groups in total. The highest BCUT2D eigenvalue weighted by atomic mass is 127. The van der Waals surface area contributed by atoms with Gasteiger partial charge in [-0.25, -0.2) is 0 Å². The number of amides is 2. The summed E-state index contributed by atoms with van der Waals surface area (Å²) in [5, 5.41) is 32.8. The summed E-state index contributed by atoms with van der Waals surface area (Å²) in [5.41, 5.74) is 4.61. The molecular formula is C35H37IN2O6. The van der Waals surface area contributed by atoms with Gasteiger partial charge in [-0.15, -0.1) is 0 Å². The number of benzene rings is 2. The maximum atomic E-state index is 13.8. The monoisotopic (exact) mass is 708 g/mol. The highest BCUT2D eigenvalue weighted by Crippen LogP contribution is 2.48. The topological polar surface area (TPSA) is 120 Å². The predicted octanol–water partition coefficient (Wildman–Crippen LogP) is 6.00. The van der Waals surface area contributed by atoms with Gasteiger partial charge in [0.1, 0.15) is 0 Å². The lowest BCUT2D eigenvalue weighted by molar-refractivity contribution is -0.123. The van der Waals surface area contributed by atoms with E-state index < -0.39 is 23.9 Å². The highest BCUT2D eigenvalue weighted by Gasteiger charge is 2.55. The second kappa shape index (κ2) is 14.0. The van der Waals surface area contributed by atoms with Crippen molar-refractivity contribution < 1.29 is 29.6 Å². The van der Waals surface area contributed by atoms with Gasteiger partial charge >= 0.3 is 0 Å². The quantitative estimate of drug-likeness (QED) is 0.127.